The molecular weight excluding hydrogens is 439 g/mol. The summed E-state index contributed by atoms with van der Waals surface area (Å²) in [6, 6.07) is 4.17. The molecular formula is C23H24F3N3O2S. The average Bonchev–Trinajstić information content (AvgIpc) is 3.48. The number of rotatable bonds is 7. The van der Waals surface area contributed by atoms with Crippen LogP contribution in [0, 0.1) is 11.8 Å². The number of carbonyl (C=O) groups is 1. The van der Waals surface area contributed by atoms with Crippen LogP contribution in [0.4, 0.5) is 19.0 Å². The molecule has 0 radical (unpaired) electrons. The second-order valence-electron chi connectivity index (χ2n) is 8.33. The fourth-order valence-electron chi connectivity index (χ4n) is 4.37. The largest absolute Gasteiger partial charge is 0.456 e. The van der Waals surface area contributed by atoms with Crippen molar-refractivity contribution in [2.75, 3.05) is 5.32 Å². The molecule has 3 atom stereocenters. The lowest BCUT2D eigenvalue weighted by Gasteiger charge is -2.15. The van der Waals surface area contributed by atoms with E-state index in [-0.39, 0.29) is 24.0 Å². The standard InChI is InChI=1S/C23H24F3N3O2S/c1-3-15-9-16(6-13(15)2)29-22-18(10-27-12-28-22)21(30)19-8-14(11-32-19)7-17-4-5-20(31-17)23(24,25)26/h4-5,8,10-13,15-16H,3,6-7,9H2,1-2H3,(H,27,28,29)/t13-,15-,16-/m0/s1. The van der Waals surface area contributed by atoms with Gasteiger partial charge in [0.05, 0.1) is 10.4 Å². The molecule has 1 saturated carbocycles. The number of nitrogens with zero attached hydrogens (tertiary/aromatic N) is 2. The van der Waals surface area contributed by atoms with Gasteiger partial charge < -0.3 is 9.73 Å². The van der Waals surface area contributed by atoms with Gasteiger partial charge in [-0.2, -0.15) is 13.2 Å². The van der Waals surface area contributed by atoms with Crippen molar-refractivity contribution in [1.29, 1.82) is 0 Å². The van der Waals surface area contributed by atoms with Crippen LogP contribution in [0.25, 0.3) is 0 Å². The van der Waals surface area contributed by atoms with Gasteiger partial charge in [-0.15, -0.1) is 11.3 Å². The van der Waals surface area contributed by atoms with Crippen molar-refractivity contribution in [3.63, 3.8) is 0 Å². The molecule has 32 heavy (non-hydrogen) atoms. The number of anilines is 1. The van der Waals surface area contributed by atoms with Gasteiger partial charge in [-0.25, -0.2) is 9.97 Å². The van der Waals surface area contributed by atoms with Crippen LogP contribution in [-0.2, 0) is 12.6 Å². The van der Waals surface area contributed by atoms with Gasteiger partial charge in [-0.1, -0.05) is 20.3 Å². The second kappa shape index (κ2) is 9.05. The molecule has 4 rings (SSSR count). The molecule has 9 heteroatoms. The third-order valence-corrected chi connectivity index (χ3v) is 7.05. The third-order valence-electron chi connectivity index (χ3n) is 6.07. The van der Waals surface area contributed by atoms with Crippen molar-refractivity contribution in [3.8, 4) is 0 Å². The molecule has 1 fully saturated rings. The van der Waals surface area contributed by atoms with Crippen LogP contribution in [0.1, 0.15) is 65.4 Å². The summed E-state index contributed by atoms with van der Waals surface area (Å²) in [7, 11) is 0. The molecule has 0 bridgehead atoms. The number of carbonyl (C=O) groups excluding carboxylic acids is 1. The minimum absolute atomic E-state index is 0.175. The zero-order chi connectivity index (χ0) is 22.9. The van der Waals surface area contributed by atoms with Gasteiger partial charge in [-0.05, 0) is 53.8 Å². The highest BCUT2D eigenvalue weighted by Gasteiger charge is 2.35. The molecule has 1 N–H and O–H groups in total. The van der Waals surface area contributed by atoms with E-state index in [2.05, 4.69) is 29.1 Å². The zero-order valence-electron chi connectivity index (χ0n) is 17.8. The Kier molecular flexibility index (Phi) is 6.37. The predicted molar refractivity (Wildman–Crippen MR) is 116 cm³/mol. The summed E-state index contributed by atoms with van der Waals surface area (Å²) >= 11 is 1.24. The number of ketones is 1. The topological polar surface area (TPSA) is 68.0 Å². The Balaban J connectivity index is 1.47. The Labute approximate surface area is 188 Å². The van der Waals surface area contributed by atoms with Gasteiger partial charge in [0.15, 0.2) is 0 Å². The zero-order valence-corrected chi connectivity index (χ0v) is 18.6. The molecule has 0 saturated heterocycles. The maximum atomic E-state index is 13.1. The minimum atomic E-state index is -4.51. The Hall–Kier alpha value is -2.68. The highest BCUT2D eigenvalue weighted by molar-refractivity contribution is 7.12. The fraction of sp³-hybridized carbons (Fsp3) is 0.435. The molecule has 0 spiro atoms. The number of thiophene rings is 1. The maximum Gasteiger partial charge on any atom is 0.449 e. The molecule has 3 heterocycles. The lowest BCUT2D eigenvalue weighted by Crippen LogP contribution is -2.19. The van der Waals surface area contributed by atoms with E-state index in [1.54, 1.807) is 11.4 Å². The van der Waals surface area contributed by atoms with E-state index < -0.39 is 11.9 Å². The highest BCUT2D eigenvalue weighted by Crippen LogP contribution is 2.36. The molecule has 170 valence electrons. The van der Waals surface area contributed by atoms with E-state index in [4.69, 9.17) is 4.42 Å². The number of alkyl halides is 3. The first-order valence-corrected chi connectivity index (χ1v) is 11.5. The Bertz CT molecular complexity index is 1090. The number of hydrogen-bond acceptors (Lipinski definition) is 6. The summed E-state index contributed by atoms with van der Waals surface area (Å²) in [4.78, 5) is 22.0. The van der Waals surface area contributed by atoms with E-state index in [0.717, 1.165) is 25.3 Å². The molecule has 0 aliphatic heterocycles. The van der Waals surface area contributed by atoms with Gasteiger partial charge in [0, 0.05) is 18.7 Å². The van der Waals surface area contributed by atoms with Crippen molar-refractivity contribution >= 4 is 22.9 Å². The summed E-state index contributed by atoms with van der Waals surface area (Å²) in [6.45, 7) is 4.45. The van der Waals surface area contributed by atoms with Gasteiger partial charge in [-0.3, -0.25) is 4.79 Å². The first-order valence-electron chi connectivity index (χ1n) is 10.6. The van der Waals surface area contributed by atoms with E-state index in [9.17, 15) is 18.0 Å². The van der Waals surface area contributed by atoms with Crippen LogP contribution in [-0.4, -0.2) is 21.8 Å². The Morgan fingerprint density at radius 2 is 2.12 bits per heavy atom. The summed E-state index contributed by atoms with van der Waals surface area (Å²) in [5, 5.41) is 5.18. The van der Waals surface area contributed by atoms with E-state index in [0.29, 0.717) is 33.7 Å². The summed E-state index contributed by atoms with van der Waals surface area (Å²) in [5.41, 5.74) is 1.11. The lowest BCUT2D eigenvalue weighted by molar-refractivity contribution is -0.153. The van der Waals surface area contributed by atoms with Crippen molar-refractivity contribution in [2.24, 2.45) is 11.8 Å². The molecule has 1 aliphatic rings. The third kappa shape index (κ3) is 4.87. The van der Waals surface area contributed by atoms with Crippen molar-refractivity contribution < 1.29 is 22.4 Å². The Morgan fingerprint density at radius 1 is 1.31 bits per heavy atom. The number of furan rings is 1. The smallest absolute Gasteiger partial charge is 0.449 e. The van der Waals surface area contributed by atoms with Gasteiger partial charge in [0.25, 0.3) is 0 Å². The molecule has 3 aromatic rings. The second-order valence-corrected chi connectivity index (χ2v) is 9.24. The van der Waals surface area contributed by atoms with Crippen molar-refractivity contribution in [1.82, 2.24) is 9.97 Å². The van der Waals surface area contributed by atoms with Crippen LogP contribution < -0.4 is 5.32 Å². The fourth-order valence-corrected chi connectivity index (χ4v) is 5.24. The monoisotopic (exact) mass is 463 g/mol. The van der Waals surface area contributed by atoms with E-state index in [1.807, 2.05) is 0 Å². The molecule has 1 aliphatic carbocycles. The highest BCUT2D eigenvalue weighted by atomic mass is 32.1. The first kappa shape index (κ1) is 22.5. The molecule has 0 unspecified atom stereocenters. The van der Waals surface area contributed by atoms with Crippen LogP contribution in [0.3, 0.4) is 0 Å². The predicted octanol–water partition coefficient (Wildman–Crippen LogP) is 6.21. The summed E-state index contributed by atoms with van der Waals surface area (Å²) in [5.74, 6) is 0.765. The normalized spacial score (nSPS) is 21.1. The SMILES string of the molecule is CC[C@H]1C[C@@H](Nc2ncncc2C(=O)c2cc(Cc3ccc(C(F)(F)F)o3)cs2)C[C@@H]1C. The van der Waals surface area contributed by atoms with E-state index in [1.165, 1.54) is 29.9 Å². The number of aromatic nitrogens is 2. The molecule has 0 aromatic carbocycles. The first-order chi connectivity index (χ1) is 15.2. The number of nitrogens with one attached hydrogen (secondary N) is 1. The van der Waals surface area contributed by atoms with Crippen LogP contribution in [0.5, 0.6) is 0 Å². The van der Waals surface area contributed by atoms with Gasteiger partial charge in [0.2, 0.25) is 11.5 Å². The minimum Gasteiger partial charge on any atom is -0.456 e. The van der Waals surface area contributed by atoms with Gasteiger partial charge in [0.1, 0.15) is 17.9 Å². The van der Waals surface area contributed by atoms with E-state index >= 15 is 0 Å². The molecule has 5 nitrogen and oxygen atoms in total. The van der Waals surface area contributed by atoms with Crippen molar-refractivity contribution in [2.45, 2.75) is 51.7 Å². The number of halogens is 3. The molecule has 0 amide bonds. The summed E-state index contributed by atoms with van der Waals surface area (Å²) < 4.78 is 43.1. The summed E-state index contributed by atoms with van der Waals surface area (Å²) in [6.07, 6.45) is 1.79. The van der Waals surface area contributed by atoms with Crippen LogP contribution >= 0.6 is 11.3 Å². The Morgan fingerprint density at radius 3 is 2.81 bits per heavy atom. The quantitative estimate of drug-likeness (QED) is 0.422. The van der Waals surface area contributed by atoms with Crippen LogP contribution in [0.2, 0.25) is 0 Å². The number of hydrogen-bond donors (Lipinski definition) is 1. The lowest BCUT2D eigenvalue weighted by atomic mass is 9.96. The maximum absolute atomic E-state index is 13.1. The van der Waals surface area contributed by atoms with Crippen molar-refractivity contribution in [3.05, 3.63) is 63.6 Å². The van der Waals surface area contributed by atoms with Crippen LogP contribution in [0.15, 0.2) is 40.5 Å². The van der Waals surface area contributed by atoms with Gasteiger partial charge >= 0.3 is 6.18 Å². The molecule has 3 aromatic heterocycles. The average molecular weight is 464 g/mol.